The maximum atomic E-state index is 11.3. The van der Waals surface area contributed by atoms with Gasteiger partial charge in [0, 0.05) is 5.69 Å². The van der Waals surface area contributed by atoms with Crippen LogP contribution in [0.1, 0.15) is 35.6 Å². The van der Waals surface area contributed by atoms with Gasteiger partial charge >= 0.3 is 0 Å². The molecule has 0 fully saturated rings. The Bertz CT molecular complexity index is 617. The van der Waals surface area contributed by atoms with Gasteiger partial charge in [-0.1, -0.05) is 13.8 Å². The number of nitrogens with two attached hydrogens (primary N) is 2. The Kier molecular flexibility index (Phi) is 3.50. The highest BCUT2D eigenvalue weighted by Gasteiger charge is 2.12. The maximum absolute atomic E-state index is 11.3. The molecule has 6 heteroatoms. The van der Waals surface area contributed by atoms with Crippen LogP contribution in [0.15, 0.2) is 18.3 Å². The second kappa shape index (κ2) is 5.09. The smallest absolute Gasteiger partial charge is 0.250 e. The number of amides is 1. The van der Waals surface area contributed by atoms with Gasteiger partial charge in [0.05, 0.1) is 23.1 Å². The quantitative estimate of drug-likeness (QED) is 0.857. The molecule has 2 aromatic heterocycles. The van der Waals surface area contributed by atoms with Crippen LogP contribution in [0.5, 0.6) is 0 Å². The first kappa shape index (κ1) is 13.1. The first-order valence-corrected chi connectivity index (χ1v) is 6.20. The molecule has 0 atom stereocenters. The number of carbonyl (C=O) groups is 1. The van der Waals surface area contributed by atoms with Crippen molar-refractivity contribution >= 4 is 11.6 Å². The number of carbonyl (C=O) groups excluding carboxylic acids is 1. The van der Waals surface area contributed by atoms with Gasteiger partial charge in [-0.3, -0.25) is 4.79 Å². The molecule has 2 heterocycles. The fourth-order valence-electron chi connectivity index (χ4n) is 1.88. The number of primary amides is 1. The Balaban J connectivity index is 2.55. The lowest BCUT2D eigenvalue weighted by atomic mass is 10.2. The van der Waals surface area contributed by atoms with Crippen molar-refractivity contribution in [2.75, 3.05) is 5.73 Å². The number of aromatic nitrogens is 3. The van der Waals surface area contributed by atoms with Crippen LogP contribution in [-0.2, 0) is 12.8 Å². The van der Waals surface area contributed by atoms with E-state index in [1.807, 2.05) is 19.9 Å². The fourth-order valence-corrected chi connectivity index (χ4v) is 1.88. The van der Waals surface area contributed by atoms with Crippen molar-refractivity contribution in [1.82, 2.24) is 14.8 Å². The summed E-state index contributed by atoms with van der Waals surface area (Å²) in [6.45, 7) is 4.08. The van der Waals surface area contributed by atoms with Gasteiger partial charge in [0.15, 0.2) is 5.82 Å². The zero-order chi connectivity index (χ0) is 14.0. The van der Waals surface area contributed by atoms with Crippen LogP contribution in [0.3, 0.4) is 0 Å². The van der Waals surface area contributed by atoms with E-state index in [0.29, 0.717) is 5.82 Å². The number of rotatable bonds is 4. The minimum absolute atomic E-state index is 0.264. The second-order valence-electron chi connectivity index (χ2n) is 4.24. The van der Waals surface area contributed by atoms with E-state index in [-0.39, 0.29) is 11.3 Å². The lowest BCUT2D eigenvalue weighted by Gasteiger charge is -2.07. The van der Waals surface area contributed by atoms with Gasteiger partial charge in [-0.25, -0.2) is 9.67 Å². The average molecular weight is 259 g/mol. The van der Waals surface area contributed by atoms with Gasteiger partial charge in [0.2, 0.25) is 0 Å². The summed E-state index contributed by atoms with van der Waals surface area (Å²) in [5, 5.41) is 4.46. The van der Waals surface area contributed by atoms with Crippen LogP contribution in [0.25, 0.3) is 5.82 Å². The van der Waals surface area contributed by atoms with Crippen LogP contribution in [-0.4, -0.2) is 20.7 Å². The number of nitrogen functional groups attached to an aromatic ring is 1. The van der Waals surface area contributed by atoms with E-state index in [4.69, 9.17) is 11.5 Å². The highest BCUT2D eigenvalue weighted by atomic mass is 16.1. The SMILES string of the molecule is CCc1cc(CC)n(-c2cc(C(N)=O)c(N)cn2)n1. The molecule has 0 aliphatic rings. The Morgan fingerprint density at radius 2 is 2.05 bits per heavy atom. The first-order chi connectivity index (χ1) is 9.06. The molecule has 100 valence electrons. The Morgan fingerprint density at radius 1 is 1.32 bits per heavy atom. The predicted molar refractivity (Wildman–Crippen MR) is 73.0 cm³/mol. The molecule has 0 aliphatic carbocycles. The summed E-state index contributed by atoms with van der Waals surface area (Å²) in [7, 11) is 0. The van der Waals surface area contributed by atoms with Gasteiger partial charge in [-0.2, -0.15) is 5.10 Å². The summed E-state index contributed by atoms with van der Waals surface area (Å²) in [4.78, 5) is 15.5. The number of anilines is 1. The van der Waals surface area contributed by atoms with E-state index in [2.05, 4.69) is 10.1 Å². The van der Waals surface area contributed by atoms with Crippen LogP contribution in [0.4, 0.5) is 5.69 Å². The van der Waals surface area contributed by atoms with E-state index in [0.717, 1.165) is 24.2 Å². The Labute approximate surface area is 111 Å². The molecule has 2 aromatic rings. The normalized spacial score (nSPS) is 10.6. The predicted octanol–water partition coefficient (Wildman–Crippen LogP) is 1.07. The lowest BCUT2D eigenvalue weighted by molar-refractivity contribution is 0.100. The van der Waals surface area contributed by atoms with Gasteiger partial charge in [-0.05, 0) is 25.0 Å². The topological polar surface area (TPSA) is 99.8 Å². The molecule has 0 unspecified atom stereocenters. The third kappa shape index (κ3) is 2.42. The third-order valence-corrected chi connectivity index (χ3v) is 2.96. The van der Waals surface area contributed by atoms with Crippen LogP contribution in [0.2, 0.25) is 0 Å². The minimum Gasteiger partial charge on any atom is -0.397 e. The van der Waals surface area contributed by atoms with Gasteiger partial charge < -0.3 is 11.5 Å². The van der Waals surface area contributed by atoms with Crippen molar-refractivity contribution < 1.29 is 4.79 Å². The number of nitrogens with zero attached hydrogens (tertiary/aromatic N) is 3. The second-order valence-corrected chi connectivity index (χ2v) is 4.24. The Morgan fingerprint density at radius 3 is 2.63 bits per heavy atom. The monoisotopic (exact) mass is 259 g/mol. The number of hydrogen-bond donors (Lipinski definition) is 2. The largest absolute Gasteiger partial charge is 0.397 e. The molecule has 1 amide bonds. The van der Waals surface area contributed by atoms with Gasteiger partial charge in [-0.15, -0.1) is 0 Å². The maximum Gasteiger partial charge on any atom is 0.250 e. The standard InChI is InChI=1S/C13H17N5O/c1-3-8-5-9(4-2)18(17-8)12-6-10(13(15)19)11(14)7-16-12/h5-7H,3-4,14H2,1-2H3,(H2,15,19). The van der Waals surface area contributed by atoms with Crippen molar-refractivity contribution in [3.63, 3.8) is 0 Å². The molecule has 6 nitrogen and oxygen atoms in total. The molecule has 0 spiro atoms. The van der Waals surface area contributed by atoms with Crippen molar-refractivity contribution in [1.29, 1.82) is 0 Å². The molecular weight excluding hydrogens is 242 g/mol. The summed E-state index contributed by atoms with van der Waals surface area (Å²) < 4.78 is 1.73. The molecule has 0 aromatic carbocycles. The molecule has 0 saturated carbocycles. The van der Waals surface area contributed by atoms with Crippen LogP contribution in [0, 0.1) is 0 Å². The molecule has 0 bridgehead atoms. The third-order valence-electron chi connectivity index (χ3n) is 2.96. The van der Waals surface area contributed by atoms with Gasteiger partial charge in [0.25, 0.3) is 5.91 Å². The van der Waals surface area contributed by atoms with Crippen molar-refractivity contribution in [3.8, 4) is 5.82 Å². The molecule has 19 heavy (non-hydrogen) atoms. The highest BCUT2D eigenvalue weighted by Crippen LogP contribution is 2.16. The van der Waals surface area contributed by atoms with E-state index in [9.17, 15) is 4.79 Å². The molecule has 4 N–H and O–H groups in total. The Hall–Kier alpha value is -2.37. The van der Waals surface area contributed by atoms with E-state index >= 15 is 0 Å². The molecule has 0 aliphatic heterocycles. The van der Waals surface area contributed by atoms with Crippen LogP contribution < -0.4 is 11.5 Å². The molecule has 2 rings (SSSR count). The molecule has 0 saturated heterocycles. The van der Waals surface area contributed by atoms with Gasteiger partial charge in [0.1, 0.15) is 0 Å². The first-order valence-electron chi connectivity index (χ1n) is 6.20. The summed E-state index contributed by atoms with van der Waals surface area (Å²) >= 11 is 0. The van der Waals surface area contributed by atoms with Crippen molar-refractivity contribution in [2.45, 2.75) is 26.7 Å². The average Bonchev–Trinajstić information content (AvgIpc) is 2.82. The number of aryl methyl sites for hydroxylation is 2. The van der Waals surface area contributed by atoms with Crippen molar-refractivity contribution in [3.05, 3.63) is 35.3 Å². The fraction of sp³-hybridized carbons (Fsp3) is 0.308. The van der Waals surface area contributed by atoms with E-state index < -0.39 is 5.91 Å². The van der Waals surface area contributed by atoms with E-state index in [1.165, 1.54) is 6.20 Å². The highest BCUT2D eigenvalue weighted by molar-refractivity contribution is 5.98. The zero-order valence-electron chi connectivity index (χ0n) is 11.1. The summed E-state index contributed by atoms with van der Waals surface area (Å²) in [6.07, 6.45) is 3.10. The zero-order valence-corrected chi connectivity index (χ0v) is 11.1. The minimum atomic E-state index is -0.568. The lowest BCUT2D eigenvalue weighted by Crippen LogP contribution is -2.15. The number of pyridine rings is 1. The van der Waals surface area contributed by atoms with Crippen LogP contribution >= 0.6 is 0 Å². The number of hydrogen-bond acceptors (Lipinski definition) is 4. The molecule has 0 radical (unpaired) electrons. The van der Waals surface area contributed by atoms with E-state index in [1.54, 1.807) is 10.7 Å². The van der Waals surface area contributed by atoms with Crippen molar-refractivity contribution in [2.24, 2.45) is 5.73 Å². The summed E-state index contributed by atoms with van der Waals surface area (Å²) in [5.74, 6) is -0.0124. The molecular formula is C13H17N5O. The summed E-state index contributed by atoms with van der Waals surface area (Å²) in [6, 6.07) is 3.60. The summed E-state index contributed by atoms with van der Waals surface area (Å²) in [5.41, 5.74) is 13.5.